The number of carbonyl (C=O) groups excluding carboxylic acids is 2. The summed E-state index contributed by atoms with van der Waals surface area (Å²) in [5, 5.41) is 2.91. The molecule has 0 radical (unpaired) electrons. The minimum atomic E-state index is -0.515. The van der Waals surface area contributed by atoms with Crippen LogP contribution in [0.25, 0.3) is 6.08 Å². The molecule has 1 N–H and O–H groups in total. The van der Waals surface area contributed by atoms with Gasteiger partial charge in [0, 0.05) is 25.2 Å². The van der Waals surface area contributed by atoms with Crippen LogP contribution in [-0.2, 0) is 9.53 Å². The van der Waals surface area contributed by atoms with Crippen LogP contribution in [0.3, 0.4) is 0 Å². The SMILES string of the molecule is Cc1ccc(/C=C\C(=O)N2CC[C@H](NC(=O)OC(C)(C)C)[C@@H](C)C2)o1. The number of furan rings is 1. The molecule has 1 aliphatic heterocycles. The Kier molecular flexibility index (Phi) is 5.93. The highest BCUT2D eigenvalue weighted by Gasteiger charge is 2.30. The standard InChI is InChI=1S/C19H28N2O4/c1-13-12-21(17(22)9-8-15-7-6-14(2)24-15)11-10-16(13)20-18(23)25-19(3,4)5/h6-9,13,16H,10-12H2,1-5H3,(H,20,23)/b9-8-/t13-,16-/m0/s1. The Bertz CT molecular complexity index is 642. The van der Waals surface area contributed by atoms with Gasteiger partial charge in [0.25, 0.3) is 0 Å². The number of nitrogens with zero attached hydrogens (tertiary/aromatic N) is 1. The van der Waals surface area contributed by atoms with E-state index in [1.54, 1.807) is 11.0 Å². The van der Waals surface area contributed by atoms with Gasteiger partial charge in [-0.05, 0) is 58.2 Å². The molecule has 25 heavy (non-hydrogen) atoms. The monoisotopic (exact) mass is 348 g/mol. The lowest BCUT2D eigenvalue weighted by atomic mass is 9.94. The van der Waals surface area contributed by atoms with Gasteiger partial charge in [0.2, 0.25) is 5.91 Å². The summed E-state index contributed by atoms with van der Waals surface area (Å²) >= 11 is 0. The molecule has 6 nitrogen and oxygen atoms in total. The van der Waals surface area contributed by atoms with E-state index in [0.717, 1.165) is 5.76 Å². The molecule has 0 spiro atoms. The van der Waals surface area contributed by atoms with Gasteiger partial charge in [-0.1, -0.05) is 6.92 Å². The molecule has 1 fully saturated rings. The summed E-state index contributed by atoms with van der Waals surface area (Å²) in [6.45, 7) is 10.6. The van der Waals surface area contributed by atoms with E-state index in [-0.39, 0.29) is 17.9 Å². The lowest BCUT2D eigenvalue weighted by molar-refractivity contribution is -0.127. The quantitative estimate of drug-likeness (QED) is 0.850. The van der Waals surface area contributed by atoms with Crippen LogP contribution < -0.4 is 5.32 Å². The summed E-state index contributed by atoms with van der Waals surface area (Å²) in [6.07, 6.45) is 3.52. The number of hydrogen-bond donors (Lipinski definition) is 1. The highest BCUT2D eigenvalue weighted by molar-refractivity contribution is 5.91. The zero-order chi connectivity index (χ0) is 18.6. The lowest BCUT2D eigenvalue weighted by Gasteiger charge is -2.37. The molecule has 2 amide bonds. The molecule has 6 heteroatoms. The molecular weight excluding hydrogens is 320 g/mol. The molecule has 0 bridgehead atoms. The first-order chi connectivity index (χ1) is 11.6. The zero-order valence-corrected chi connectivity index (χ0v) is 15.7. The van der Waals surface area contributed by atoms with E-state index in [1.165, 1.54) is 6.08 Å². The number of rotatable bonds is 3. The topological polar surface area (TPSA) is 71.8 Å². The molecular formula is C19H28N2O4. The van der Waals surface area contributed by atoms with Crippen LogP contribution in [0.5, 0.6) is 0 Å². The van der Waals surface area contributed by atoms with Crippen LogP contribution in [0.2, 0.25) is 0 Å². The zero-order valence-electron chi connectivity index (χ0n) is 15.7. The maximum absolute atomic E-state index is 12.3. The molecule has 0 aliphatic carbocycles. The van der Waals surface area contributed by atoms with E-state index in [2.05, 4.69) is 5.32 Å². The molecule has 2 heterocycles. The summed E-state index contributed by atoms with van der Waals surface area (Å²) in [7, 11) is 0. The second-order valence-electron chi connectivity index (χ2n) is 7.58. The van der Waals surface area contributed by atoms with Crippen molar-refractivity contribution in [1.82, 2.24) is 10.2 Å². The molecule has 1 saturated heterocycles. The summed E-state index contributed by atoms with van der Waals surface area (Å²) in [5.74, 6) is 1.59. The van der Waals surface area contributed by atoms with Gasteiger partial charge in [-0.25, -0.2) is 4.79 Å². The number of nitrogens with one attached hydrogen (secondary N) is 1. The molecule has 0 unspecified atom stereocenters. The molecule has 0 saturated carbocycles. The van der Waals surface area contributed by atoms with E-state index in [4.69, 9.17) is 9.15 Å². The third-order valence-corrected chi connectivity index (χ3v) is 4.07. The highest BCUT2D eigenvalue weighted by atomic mass is 16.6. The normalized spacial score (nSPS) is 21.4. The van der Waals surface area contributed by atoms with Gasteiger partial charge in [-0.2, -0.15) is 0 Å². The summed E-state index contributed by atoms with van der Waals surface area (Å²) in [4.78, 5) is 26.0. The van der Waals surface area contributed by atoms with Gasteiger partial charge in [-0.15, -0.1) is 0 Å². The van der Waals surface area contributed by atoms with Crippen molar-refractivity contribution < 1.29 is 18.7 Å². The fraction of sp³-hybridized carbons (Fsp3) is 0.579. The van der Waals surface area contributed by atoms with Gasteiger partial charge in [0.05, 0.1) is 0 Å². The Morgan fingerprint density at radius 1 is 1.36 bits per heavy atom. The van der Waals surface area contributed by atoms with Crippen molar-refractivity contribution in [2.45, 2.75) is 52.7 Å². The summed E-state index contributed by atoms with van der Waals surface area (Å²) in [6, 6.07) is 3.70. The summed E-state index contributed by atoms with van der Waals surface area (Å²) < 4.78 is 10.7. The average molecular weight is 348 g/mol. The van der Waals surface area contributed by atoms with Crippen molar-refractivity contribution >= 4 is 18.1 Å². The Hall–Kier alpha value is -2.24. The van der Waals surface area contributed by atoms with Gasteiger partial charge >= 0.3 is 6.09 Å². The first kappa shape index (κ1) is 19.1. The van der Waals surface area contributed by atoms with Crippen molar-refractivity contribution in [2.75, 3.05) is 13.1 Å². The van der Waals surface area contributed by atoms with E-state index in [9.17, 15) is 9.59 Å². The first-order valence-electron chi connectivity index (χ1n) is 8.67. The molecule has 0 aromatic carbocycles. The number of piperidine rings is 1. The minimum Gasteiger partial charge on any atom is -0.462 e. The number of alkyl carbamates (subject to hydrolysis) is 1. The number of likely N-dealkylation sites (tertiary alicyclic amines) is 1. The first-order valence-corrected chi connectivity index (χ1v) is 8.67. The largest absolute Gasteiger partial charge is 0.462 e. The number of amides is 2. The predicted octanol–water partition coefficient (Wildman–Crippen LogP) is 3.36. The number of aryl methyl sites for hydroxylation is 1. The molecule has 138 valence electrons. The van der Waals surface area contributed by atoms with Gasteiger partial charge in [0.1, 0.15) is 17.1 Å². The van der Waals surface area contributed by atoms with Crippen molar-refractivity contribution in [3.8, 4) is 0 Å². The smallest absolute Gasteiger partial charge is 0.407 e. The second kappa shape index (κ2) is 7.76. The van der Waals surface area contributed by atoms with E-state index in [1.807, 2.05) is 46.8 Å². The van der Waals surface area contributed by atoms with Crippen LogP contribution in [0.4, 0.5) is 4.79 Å². The second-order valence-corrected chi connectivity index (χ2v) is 7.58. The van der Waals surface area contributed by atoms with E-state index >= 15 is 0 Å². The Morgan fingerprint density at radius 2 is 2.08 bits per heavy atom. The number of carbonyl (C=O) groups is 2. The molecule has 2 rings (SSSR count). The van der Waals surface area contributed by atoms with Crippen LogP contribution in [0.15, 0.2) is 22.6 Å². The Morgan fingerprint density at radius 3 is 2.64 bits per heavy atom. The van der Waals surface area contributed by atoms with Crippen LogP contribution >= 0.6 is 0 Å². The van der Waals surface area contributed by atoms with Gasteiger partial charge in [0.15, 0.2) is 0 Å². The fourth-order valence-electron chi connectivity index (χ4n) is 2.82. The average Bonchev–Trinajstić information content (AvgIpc) is 2.90. The predicted molar refractivity (Wildman–Crippen MR) is 96.0 cm³/mol. The Balaban J connectivity index is 1.85. The van der Waals surface area contributed by atoms with Crippen LogP contribution in [-0.4, -0.2) is 41.6 Å². The molecule has 1 aromatic rings. The van der Waals surface area contributed by atoms with Crippen LogP contribution in [0.1, 0.15) is 45.6 Å². The number of hydrogen-bond acceptors (Lipinski definition) is 4. The van der Waals surface area contributed by atoms with E-state index in [0.29, 0.717) is 25.3 Å². The third-order valence-electron chi connectivity index (χ3n) is 4.07. The molecule has 1 aliphatic rings. The Labute approximate surface area is 149 Å². The maximum atomic E-state index is 12.3. The van der Waals surface area contributed by atoms with E-state index < -0.39 is 11.7 Å². The maximum Gasteiger partial charge on any atom is 0.407 e. The van der Waals surface area contributed by atoms with Gasteiger partial charge < -0.3 is 19.4 Å². The van der Waals surface area contributed by atoms with Crippen molar-refractivity contribution in [3.05, 3.63) is 29.7 Å². The van der Waals surface area contributed by atoms with Crippen molar-refractivity contribution in [1.29, 1.82) is 0 Å². The van der Waals surface area contributed by atoms with Gasteiger partial charge in [-0.3, -0.25) is 4.79 Å². The minimum absolute atomic E-state index is 0.00982. The molecule has 2 atom stereocenters. The van der Waals surface area contributed by atoms with Crippen molar-refractivity contribution in [2.24, 2.45) is 5.92 Å². The fourth-order valence-corrected chi connectivity index (χ4v) is 2.82. The summed E-state index contributed by atoms with van der Waals surface area (Å²) in [5.41, 5.74) is -0.515. The third kappa shape index (κ3) is 5.96. The van der Waals surface area contributed by atoms with Crippen LogP contribution in [0, 0.1) is 12.8 Å². The lowest BCUT2D eigenvalue weighted by Crippen LogP contribution is -2.52. The highest BCUT2D eigenvalue weighted by Crippen LogP contribution is 2.18. The van der Waals surface area contributed by atoms with Crippen molar-refractivity contribution in [3.63, 3.8) is 0 Å². The number of ether oxygens (including phenoxy) is 1. The molecule has 1 aromatic heterocycles.